The van der Waals surface area contributed by atoms with Crippen LogP contribution in [0.5, 0.6) is 0 Å². The highest BCUT2D eigenvalue weighted by Crippen LogP contribution is 2.25. The molecular formula is C13H16N4O. The first-order chi connectivity index (χ1) is 8.50. The van der Waals surface area contributed by atoms with E-state index in [9.17, 15) is 4.79 Å². The summed E-state index contributed by atoms with van der Waals surface area (Å²) in [6.45, 7) is 3.72. The van der Waals surface area contributed by atoms with E-state index in [1.54, 1.807) is 24.5 Å². The van der Waals surface area contributed by atoms with Crippen molar-refractivity contribution in [3.8, 4) is 0 Å². The third-order valence-electron chi connectivity index (χ3n) is 2.93. The fourth-order valence-electron chi connectivity index (χ4n) is 1.63. The molecule has 0 spiro atoms. The predicted molar refractivity (Wildman–Crippen MR) is 71.1 cm³/mol. The van der Waals surface area contributed by atoms with Gasteiger partial charge in [0.2, 0.25) is 11.9 Å². The Morgan fingerprint density at radius 3 is 2.56 bits per heavy atom. The zero-order valence-corrected chi connectivity index (χ0v) is 10.4. The van der Waals surface area contributed by atoms with Gasteiger partial charge in [0, 0.05) is 18.1 Å². The molecule has 4 N–H and O–H groups in total. The van der Waals surface area contributed by atoms with Crippen LogP contribution < -0.4 is 11.1 Å². The largest absolute Gasteiger partial charge is 0.399 e. The summed E-state index contributed by atoms with van der Waals surface area (Å²) in [7, 11) is 0. The Morgan fingerprint density at radius 2 is 2.00 bits per heavy atom. The molecule has 1 heterocycles. The third kappa shape index (κ3) is 2.34. The molecule has 0 unspecified atom stereocenters. The van der Waals surface area contributed by atoms with E-state index >= 15 is 0 Å². The van der Waals surface area contributed by atoms with Crippen molar-refractivity contribution in [1.82, 2.24) is 9.97 Å². The maximum Gasteiger partial charge on any atom is 0.236 e. The van der Waals surface area contributed by atoms with Crippen molar-refractivity contribution < 1.29 is 4.79 Å². The first kappa shape index (κ1) is 12.2. The Bertz CT molecular complexity index is 529. The highest BCUT2D eigenvalue weighted by atomic mass is 16.2. The summed E-state index contributed by atoms with van der Waals surface area (Å²) in [4.78, 5) is 19.0. The van der Waals surface area contributed by atoms with Crippen LogP contribution in [0.4, 0.5) is 11.6 Å². The lowest BCUT2D eigenvalue weighted by Crippen LogP contribution is -2.35. The van der Waals surface area contributed by atoms with Gasteiger partial charge in [-0.3, -0.25) is 10.1 Å². The average Bonchev–Trinajstić information content (AvgIpc) is 2.82. The van der Waals surface area contributed by atoms with Crippen molar-refractivity contribution in [2.45, 2.75) is 19.3 Å². The van der Waals surface area contributed by atoms with Crippen LogP contribution in [-0.2, 0) is 10.2 Å². The number of carbonyl (C=O) groups is 1. The van der Waals surface area contributed by atoms with Gasteiger partial charge in [-0.2, -0.15) is 0 Å². The number of benzene rings is 1. The van der Waals surface area contributed by atoms with E-state index in [0.29, 0.717) is 11.6 Å². The first-order valence-electron chi connectivity index (χ1n) is 5.67. The van der Waals surface area contributed by atoms with Crippen molar-refractivity contribution in [2.24, 2.45) is 0 Å². The molecular weight excluding hydrogens is 228 g/mol. The number of amides is 1. The van der Waals surface area contributed by atoms with Crippen molar-refractivity contribution in [3.05, 3.63) is 42.2 Å². The van der Waals surface area contributed by atoms with E-state index in [-0.39, 0.29) is 5.91 Å². The number of imidazole rings is 1. The summed E-state index contributed by atoms with van der Waals surface area (Å²) >= 11 is 0. The van der Waals surface area contributed by atoms with Crippen LogP contribution in [0.3, 0.4) is 0 Å². The van der Waals surface area contributed by atoms with Gasteiger partial charge in [0.25, 0.3) is 0 Å². The average molecular weight is 244 g/mol. The molecule has 0 atom stereocenters. The van der Waals surface area contributed by atoms with Gasteiger partial charge in [-0.25, -0.2) is 4.98 Å². The van der Waals surface area contributed by atoms with Crippen LogP contribution in [0.15, 0.2) is 36.7 Å². The molecule has 0 fully saturated rings. The fraction of sp³-hybridized carbons (Fsp3) is 0.231. The summed E-state index contributed by atoms with van der Waals surface area (Å²) in [5.74, 6) is 0.325. The quantitative estimate of drug-likeness (QED) is 0.721. The van der Waals surface area contributed by atoms with Crippen molar-refractivity contribution in [1.29, 1.82) is 0 Å². The summed E-state index contributed by atoms with van der Waals surface area (Å²) in [6, 6.07) is 7.29. The first-order valence-corrected chi connectivity index (χ1v) is 5.67. The van der Waals surface area contributed by atoms with Gasteiger partial charge >= 0.3 is 0 Å². The zero-order chi connectivity index (χ0) is 13.2. The normalized spacial score (nSPS) is 11.2. The molecule has 94 valence electrons. The molecule has 1 aromatic carbocycles. The molecule has 18 heavy (non-hydrogen) atoms. The fourth-order valence-corrected chi connectivity index (χ4v) is 1.63. The smallest absolute Gasteiger partial charge is 0.236 e. The molecule has 5 nitrogen and oxygen atoms in total. The number of aromatic amines is 1. The summed E-state index contributed by atoms with van der Waals surface area (Å²) in [5, 5.41) is 2.74. The topological polar surface area (TPSA) is 83.8 Å². The lowest BCUT2D eigenvalue weighted by atomic mass is 9.83. The maximum atomic E-state index is 12.2. The van der Waals surface area contributed by atoms with E-state index in [0.717, 1.165) is 5.56 Å². The second-order valence-electron chi connectivity index (χ2n) is 4.64. The Balaban J connectivity index is 2.19. The molecule has 0 aliphatic heterocycles. The molecule has 0 aliphatic carbocycles. The zero-order valence-electron chi connectivity index (χ0n) is 10.4. The van der Waals surface area contributed by atoms with Crippen LogP contribution in [0.25, 0.3) is 0 Å². The van der Waals surface area contributed by atoms with Crippen LogP contribution in [0.2, 0.25) is 0 Å². The molecule has 0 saturated heterocycles. The van der Waals surface area contributed by atoms with Gasteiger partial charge in [-0.1, -0.05) is 12.1 Å². The summed E-state index contributed by atoms with van der Waals surface area (Å²) in [5.41, 5.74) is 6.57. The Hall–Kier alpha value is -2.30. The van der Waals surface area contributed by atoms with Gasteiger partial charge in [-0.15, -0.1) is 0 Å². The number of nitrogens with one attached hydrogen (secondary N) is 2. The van der Waals surface area contributed by atoms with Gasteiger partial charge in [0.1, 0.15) is 0 Å². The molecule has 1 amide bonds. The minimum atomic E-state index is -0.652. The van der Waals surface area contributed by atoms with E-state index in [1.165, 1.54) is 0 Å². The molecule has 1 aromatic heterocycles. The predicted octanol–water partition coefficient (Wildman–Crippen LogP) is 1.91. The molecule has 0 bridgehead atoms. The third-order valence-corrected chi connectivity index (χ3v) is 2.93. The highest BCUT2D eigenvalue weighted by Gasteiger charge is 2.30. The van der Waals surface area contributed by atoms with Crippen LogP contribution in [0, 0.1) is 0 Å². The SMILES string of the molecule is CC(C)(C(=O)Nc1ncc[nH]1)c1ccc(N)cc1. The van der Waals surface area contributed by atoms with Crippen molar-refractivity contribution >= 4 is 17.5 Å². The number of H-pyrrole nitrogens is 1. The molecule has 0 aliphatic rings. The van der Waals surface area contributed by atoms with Crippen molar-refractivity contribution in [3.63, 3.8) is 0 Å². The molecule has 2 rings (SSSR count). The van der Waals surface area contributed by atoms with Crippen molar-refractivity contribution in [2.75, 3.05) is 11.1 Å². The number of hydrogen-bond donors (Lipinski definition) is 3. The van der Waals surface area contributed by atoms with E-state index < -0.39 is 5.41 Å². The van der Waals surface area contributed by atoms with Gasteiger partial charge in [0.05, 0.1) is 5.41 Å². The van der Waals surface area contributed by atoms with Gasteiger partial charge in [0.15, 0.2) is 0 Å². The Morgan fingerprint density at radius 1 is 1.33 bits per heavy atom. The van der Waals surface area contributed by atoms with E-state index in [4.69, 9.17) is 5.73 Å². The van der Waals surface area contributed by atoms with Crippen LogP contribution >= 0.6 is 0 Å². The van der Waals surface area contributed by atoms with Gasteiger partial charge < -0.3 is 10.7 Å². The standard InChI is InChI=1S/C13H16N4O/c1-13(2,9-3-5-10(14)6-4-9)11(18)17-12-15-7-8-16-12/h3-8H,14H2,1-2H3,(H2,15,16,17,18). The summed E-state index contributed by atoms with van der Waals surface area (Å²) < 4.78 is 0. The lowest BCUT2D eigenvalue weighted by molar-refractivity contribution is -0.120. The molecule has 0 radical (unpaired) electrons. The monoisotopic (exact) mass is 244 g/mol. The van der Waals surface area contributed by atoms with Crippen LogP contribution in [-0.4, -0.2) is 15.9 Å². The Labute approximate surface area is 105 Å². The Kier molecular flexibility index (Phi) is 3.06. The second-order valence-corrected chi connectivity index (χ2v) is 4.64. The number of nitrogens with zero attached hydrogens (tertiary/aromatic N) is 1. The number of hydrogen-bond acceptors (Lipinski definition) is 3. The molecule has 5 heteroatoms. The number of anilines is 2. The van der Waals surface area contributed by atoms with E-state index in [1.807, 2.05) is 26.0 Å². The maximum absolute atomic E-state index is 12.2. The lowest BCUT2D eigenvalue weighted by Gasteiger charge is -2.23. The van der Waals surface area contributed by atoms with E-state index in [2.05, 4.69) is 15.3 Å². The summed E-state index contributed by atoms with van der Waals surface area (Å²) in [6.07, 6.45) is 3.25. The minimum absolute atomic E-state index is 0.123. The second kappa shape index (κ2) is 4.52. The molecule has 2 aromatic rings. The number of rotatable bonds is 3. The molecule has 0 saturated carbocycles. The highest BCUT2D eigenvalue weighted by molar-refractivity contribution is 5.97. The minimum Gasteiger partial charge on any atom is -0.399 e. The van der Waals surface area contributed by atoms with Crippen LogP contribution in [0.1, 0.15) is 19.4 Å². The number of nitrogen functional groups attached to an aromatic ring is 1. The number of carbonyl (C=O) groups excluding carboxylic acids is 1. The number of nitrogens with two attached hydrogens (primary N) is 1. The number of aromatic nitrogens is 2. The van der Waals surface area contributed by atoms with Gasteiger partial charge in [-0.05, 0) is 31.5 Å².